The van der Waals surface area contributed by atoms with Crippen molar-refractivity contribution < 1.29 is 18.2 Å². The molecule has 19 heavy (non-hydrogen) atoms. The van der Waals surface area contributed by atoms with Gasteiger partial charge >= 0.3 is 6.18 Å². The molecule has 0 atom stereocenters. The van der Waals surface area contributed by atoms with E-state index in [9.17, 15) is 23.3 Å². The molecule has 0 saturated heterocycles. The highest BCUT2D eigenvalue weighted by atomic mass is 19.4. The van der Waals surface area contributed by atoms with E-state index < -0.39 is 22.7 Å². The highest BCUT2D eigenvalue weighted by Crippen LogP contribution is 2.31. The summed E-state index contributed by atoms with van der Waals surface area (Å²) in [5, 5.41) is 18.3. The second-order valence-corrected chi connectivity index (χ2v) is 3.49. The Morgan fingerprint density at radius 2 is 2.05 bits per heavy atom. The fourth-order valence-electron chi connectivity index (χ4n) is 1.31. The van der Waals surface area contributed by atoms with Crippen LogP contribution in [0, 0.1) is 15.5 Å². The quantitative estimate of drug-likeness (QED) is 0.287. The summed E-state index contributed by atoms with van der Waals surface area (Å²) in [4.78, 5) is 10.1. The third kappa shape index (κ3) is 4.43. The summed E-state index contributed by atoms with van der Waals surface area (Å²) in [6.45, 7) is -0.130. The summed E-state index contributed by atoms with van der Waals surface area (Å²) in [5.74, 6) is -0.757. The zero-order valence-corrected chi connectivity index (χ0v) is 9.41. The minimum Gasteiger partial charge on any atom is -0.326 e. The molecule has 0 aliphatic rings. The van der Waals surface area contributed by atoms with Gasteiger partial charge in [0.05, 0.1) is 5.56 Å². The maximum absolute atomic E-state index is 12.6. The Bertz CT molecular complexity index is 503. The zero-order valence-electron chi connectivity index (χ0n) is 9.41. The fraction of sp³-hybridized carbons (Fsp3) is 0.222. The third-order valence-electron chi connectivity index (χ3n) is 2.03. The number of nitrogens with zero attached hydrogens (tertiary/aromatic N) is 1. The van der Waals surface area contributed by atoms with Crippen LogP contribution >= 0.6 is 0 Å². The first-order valence-electron chi connectivity index (χ1n) is 4.90. The van der Waals surface area contributed by atoms with Crippen LogP contribution in [-0.4, -0.2) is 11.0 Å². The van der Waals surface area contributed by atoms with Crippen molar-refractivity contribution in [2.24, 2.45) is 5.73 Å². The van der Waals surface area contributed by atoms with Gasteiger partial charge < -0.3 is 11.1 Å². The maximum atomic E-state index is 12.6. The van der Waals surface area contributed by atoms with Gasteiger partial charge in [-0.25, -0.2) is 10.1 Å². The Hall–Kier alpha value is -2.36. The van der Waals surface area contributed by atoms with E-state index in [0.717, 1.165) is 12.1 Å². The smallest absolute Gasteiger partial charge is 0.326 e. The molecular weight excluding hydrogens is 267 g/mol. The van der Waals surface area contributed by atoms with E-state index in [0.29, 0.717) is 0 Å². The molecule has 1 aromatic rings. The van der Waals surface area contributed by atoms with Crippen molar-refractivity contribution in [1.82, 2.24) is 5.43 Å². The molecule has 0 amide bonds. The molecule has 1 rings (SSSR count). The molecule has 104 valence electrons. The lowest BCUT2D eigenvalue weighted by molar-refractivity contribution is -0.525. The number of benzene rings is 1. The van der Waals surface area contributed by atoms with Crippen molar-refractivity contribution in [2.45, 2.75) is 12.7 Å². The number of nitro groups is 1. The van der Waals surface area contributed by atoms with Crippen molar-refractivity contribution in [3.05, 3.63) is 39.4 Å². The van der Waals surface area contributed by atoms with Crippen LogP contribution in [0.3, 0.4) is 0 Å². The van der Waals surface area contributed by atoms with Crippen molar-refractivity contribution >= 4 is 11.6 Å². The Morgan fingerprint density at radius 3 is 2.53 bits per heavy atom. The molecule has 0 saturated carbocycles. The number of alkyl halides is 3. The average molecular weight is 277 g/mol. The lowest BCUT2D eigenvalue weighted by Crippen LogP contribution is -2.34. The lowest BCUT2D eigenvalue weighted by atomic mass is 10.1. The van der Waals surface area contributed by atoms with E-state index in [2.05, 4.69) is 5.32 Å². The minimum absolute atomic E-state index is 0.116. The number of hydrogen-bond donors (Lipinski definition) is 4. The monoisotopic (exact) mass is 277 g/mol. The van der Waals surface area contributed by atoms with Gasteiger partial charge in [-0.05, 0) is 23.8 Å². The highest BCUT2D eigenvalue weighted by Gasteiger charge is 2.31. The minimum atomic E-state index is -4.57. The molecule has 5 N–H and O–H groups in total. The first-order chi connectivity index (χ1) is 8.72. The molecule has 0 unspecified atom stereocenters. The molecule has 0 bridgehead atoms. The topological polar surface area (TPSA) is 117 Å². The van der Waals surface area contributed by atoms with Gasteiger partial charge in [-0.15, -0.1) is 0 Å². The van der Waals surface area contributed by atoms with Crippen molar-refractivity contribution in [3.8, 4) is 0 Å². The molecule has 0 aliphatic heterocycles. The summed E-state index contributed by atoms with van der Waals surface area (Å²) >= 11 is 0. The predicted octanol–water partition coefficient (Wildman–Crippen LogP) is 1.29. The number of hydrogen-bond acceptors (Lipinski definition) is 4. The average Bonchev–Trinajstić information content (AvgIpc) is 2.25. The van der Waals surface area contributed by atoms with Gasteiger partial charge in [-0.2, -0.15) is 13.2 Å². The van der Waals surface area contributed by atoms with E-state index in [4.69, 9.17) is 11.1 Å². The molecule has 0 aromatic heterocycles. The van der Waals surface area contributed by atoms with Gasteiger partial charge in [0.2, 0.25) is 0 Å². The van der Waals surface area contributed by atoms with Crippen LogP contribution in [-0.2, 0) is 12.7 Å². The van der Waals surface area contributed by atoms with Crippen LogP contribution in [0.5, 0.6) is 0 Å². The molecule has 0 spiro atoms. The molecule has 0 radical (unpaired) electrons. The van der Waals surface area contributed by atoms with E-state index in [1.807, 2.05) is 0 Å². The fourth-order valence-corrected chi connectivity index (χ4v) is 1.31. The number of rotatable bonds is 3. The summed E-state index contributed by atoms with van der Waals surface area (Å²) in [6, 6.07) is 2.87. The van der Waals surface area contributed by atoms with Crippen LogP contribution in [0.15, 0.2) is 18.2 Å². The second-order valence-electron chi connectivity index (χ2n) is 3.49. The largest absolute Gasteiger partial charge is 0.416 e. The van der Waals surface area contributed by atoms with E-state index in [1.165, 1.54) is 11.5 Å². The predicted molar refractivity (Wildman–Crippen MR) is 60.8 cm³/mol. The number of guanidine groups is 1. The second kappa shape index (κ2) is 5.52. The Kier molecular flexibility index (Phi) is 4.27. The van der Waals surface area contributed by atoms with Crippen LogP contribution < -0.4 is 16.5 Å². The van der Waals surface area contributed by atoms with Gasteiger partial charge in [-0.3, -0.25) is 5.41 Å². The van der Waals surface area contributed by atoms with E-state index in [1.54, 1.807) is 0 Å². The van der Waals surface area contributed by atoms with Gasteiger partial charge in [0.15, 0.2) is 5.03 Å². The molecule has 7 nitrogen and oxygen atoms in total. The summed E-state index contributed by atoms with van der Waals surface area (Å²) in [5.41, 5.74) is 5.86. The first kappa shape index (κ1) is 14.7. The van der Waals surface area contributed by atoms with E-state index in [-0.39, 0.29) is 17.8 Å². The molecule has 0 fully saturated rings. The molecular formula is C9H10F3N5O2. The SMILES string of the molecule is N=C(Nc1cc(CN)cc(C(F)(F)F)c1)N[N+](=O)[O-]. The third-order valence-corrected chi connectivity index (χ3v) is 2.03. The maximum Gasteiger partial charge on any atom is 0.416 e. The Balaban J connectivity index is 3.01. The normalized spacial score (nSPS) is 10.9. The summed E-state index contributed by atoms with van der Waals surface area (Å²) in [7, 11) is 0. The lowest BCUT2D eigenvalue weighted by Gasteiger charge is -2.12. The van der Waals surface area contributed by atoms with Gasteiger partial charge in [0.25, 0.3) is 5.96 Å². The van der Waals surface area contributed by atoms with Crippen LogP contribution in [0.25, 0.3) is 0 Å². The molecule has 10 heteroatoms. The highest BCUT2D eigenvalue weighted by molar-refractivity contribution is 5.90. The van der Waals surface area contributed by atoms with E-state index >= 15 is 0 Å². The summed E-state index contributed by atoms with van der Waals surface area (Å²) in [6.07, 6.45) is -4.57. The van der Waals surface area contributed by atoms with Crippen LogP contribution in [0.4, 0.5) is 18.9 Å². The number of halogens is 3. The number of nitrogens with two attached hydrogens (primary N) is 1. The number of hydrazine groups is 1. The Morgan fingerprint density at radius 1 is 1.42 bits per heavy atom. The molecule has 1 aromatic carbocycles. The Labute approximate surface area is 105 Å². The van der Waals surface area contributed by atoms with Crippen molar-refractivity contribution in [1.29, 1.82) is 5.41 Å². The first-order valence-corrected chi connectivity index (χ1v) is 4.90. The number of nitrogens with one attached hydrogen (secondary N) is 3. The summed E-state index contributed by atoms with van der Waals surface area (Å²) < 4.78 is 37.8. The molecule has 0 heterocycles. The number of anilines is 1. The van der Waals surface area contributed by atoms with Crippen LogP contribution in [0.2, 0.25) is 0 Å². The zero-order chi connectivity index (χ0) is 14.6. The molecule has 0 aliphatic carbocycles. The van der Waals surface area contributed by atoms with Gasteiger partial charge in [0.1, 0.15) is 0 Å². The van der Waals surface area contributed by atoms with Crippen molar-refractivity contribution in [3.63, 3.8) is 0 Å². The standard InChI is InChI=1S/C9H10F3N5O2/c10-9(11,12)6-1-5(4-13)2-7(3-6)15-8(14)16-17(18)19/h1-3H,4,13H2,(H3,14,15,16). The van der Waals surface area contributed by atoms with Crippen molar-refractivity contribution in [2.75, 3.05) is 5.32 Å². The van der Waals surface area contributed by atoms with Gasteiger partial charge in [0, 0.05) is 12.2 Å². The van der Waals surface area contributed by atoms with Gasteiger partial charge in [-0.1, -0.05) is 5.43 Å². The van der Waals surface area contributed by atoms with Crippen LogP contribution in [0.1, 0.15) is 11.1 Å².